The van der Waals surface area contributed by atoms with Gasteiger partial charge in [0.1, 0.15) is 0 Å². The Labute approximate surface area is 155 Å². The van der Waals surface area contributed by atoms with Gasteiger partial charge in [-0.25, -0.2) is 0 Å². The minimum atomic E-state index is -0.186. The van der Waals surface area contributed by atoms with Crippen LogP contribution in [-0.2, 0) is 7.05 Å². The summed E-state index contributed by atoms with van der Waals surface area (Å²) in [5.41, 5.74) is 3.61. The van der Waals surface area contributed by atoms with E-state index >= 15 is 0 Å². The molecule has 1 aliphatic rings. The van der Waals surface area contributed by atoms with Crippen molar-refractivity contribution in [3.05, 3.63) is 33.0 Å². The van der Waals surface area contributed by atoms with E-state index in [0.29, 0.717) is 11.1 Å². The molecule has 0 spiro atoms. The minimum absolute atomic E-state index is 0.183. The predicted molar refractivity (Wildman–Crippen MR) is 105 cm³/mol. The highest BCUT2D eigenvalue weighted by molar-refractivity contribution is 7.30. The number of rotatable bonds is 1. The molecule has 0 aromatic carbocycles. The zero-order valence-electron chi connectivity index (χ0n) is 14.1. The molecule has 0 unspecified atom stereocenters. The number of thiophene rings is 3. The molecule has 0 atom stereocenters. The van der Waals surface area contributed by atoms with E-state index in [1.165, 1.54) is 30.2 Å². The maximum atomic E-state index is 12.6. The zero-order valence-corrected chi connectivity index (χ0v) is 16.5. The largest absolute Gasteiger partial charge is 0.342 e. The smallest absolute Gasteiger partial charge is 0.262 e. The molecule has 126 valence electrons. The van der Waals surface area contributed by atoms with Crippen molar-refractivity contribution in [3.63, 3.8) is 0 Å². The number of nitrogens with zero attached hydrogens (tertiary/aromatic N) is 2. The summed E-state index contributed by atoms with van der Waals surface area (Å²) in [5, 5.41) is 0. The second-order valence-corrected chi connectivity index (χ2v) is 9.90. The quantitative estimate of drug-likeness (QED) is 0.431. The number of hydrogen-bond donors (Lipinski definition) is 0. The van der Waals surface area contributed by atoms with E-state index in [1.54, 1.807) is 41.1 Å². The van der Waals surface area contributed by atoms with Crippen LogP contribution in [0.4, 0.5) is 0 Å². The Morgan fingerprint density at radius 1 is 0.840 bits per heavy atom. The van der Waals surface area contributed by atoms with Crippen LogP contribution in [0.15, 0.2) is 12.1 Å². The van der Waals surface area contributed by atoms with Gasteiger partial charge in [-0.15, -0.1) is 34.0 Å². The first-order valence-electron chi connectivity index (χ1n) is 7.83. The molecule has 0 aliphatic carbocycles. The van der Waals surface area contributed by atoms with Crippen LogP contribution in [0.25, 0.3) is 30.2 Å². The number of aryl methyl sites for hydroxylation is 3. The second kappa shape index (κ2) is 4.81. The lowest BCUT2D eigenvalue weighted by atomic mass is 10.1. The van der Waals surface area contributed by atoms with Gasteiger partial charge in [-0.3, -0.25) is 14.5 Å². The Kier molecular flexibility index (Phi) is 2.94. The van der Waals surface area contributed by atoms with Gasteiger partial charge in [-0.05, 0) is 26.0 Å². The molecule has 4 aromatic rings. The molecule has 0 bridgehead atoms. The third kappa shape index (κ3) is 1.80. The Bertz CT molecular complexity index is 1230. The molecular weight excluding hydrogens is 372 g/mol. The monoisotopic (exact) mass is 386 g/mol. The molecule has 7 heteroatoms. The first-order chi connectivity index (χ1) is 11.9. The van der Waals surface area contributed by atoms with Gasteiger partial charge in [-0.1, -0.05) is 0 Å². The van der Waals surface area contributed by atoms with Gasteiger partial charge in [-0.2, -0.15) is 0 Å². The molecule has 25 heavy (non-hydrogen) atoms. The van der Waals surface area contributed by atoms with Crippen molar-refractivity contribution in [2.75, 3.05) is 7.05 Å². The summed E-state index contributed by atoms with van der Waals surface area (Å²) in [5.74, 6) is -0.369. The summed E-state index contributed by atoms with van der Waals surface area (Å²) in [4.78, 5) is 30.3. The van der Waals surface area contributed by atoms with Crippen LogP contribution in [0.2, 0.25) is 0 Å². The molecule has 0 fully saturated rings. The van der Waals surface area contributed by atoms with Crippen molar-refractivity contribution < 1.29 is 9.59 Å². The maximum absolute atomic E-state index is 12.6. The summed E-state index contributed by atoms with van der Waals surface area (Å²) >= 11 is 5.07. The van der Waals surface area contributed by atoms with Gasteiger partial charge in [0.25, 0.3) is 11.8 Å². The molecule has 5 heterocycles. The van der Waals surface area contributed by atoms with Crippen LogP contribution in [0.3, 0.4) is 0 Å². The lowest BCUT2D eigenvalue weighted by Crippen LogP contribution is -2.24. The third-order valence-corrected chi connectivity index (χ3v) is 8.44. The van der Waals surface area contributed by atoms with Gasteiger partial charge < -0.3 is 4.57 Å². The fourth-order valence-corrected chi connectivity index (χ4v) is 7.18. The van der Waals surface area contributed by atoms with Crippen LogP contribution in [0.5, 0.6) is 0 Å². The first-order valence-corrected chi connectivity index (χ1v) is 10.3. The minimum Gasteiger partial charge on any atom is -0.342 e. The van der Waals surface area contributed by atoms with E-state index in [0.717, 1.165) is 14.6 Å². The van der Waals surface area contributed by atoms with E-state index in [2.05, 4.69) is 30.7 Å². The summed E-state index contributed by atoms with van der Waals surface area (Å²) in [6, 6.07) is 4.38. The summed E-state index contributed by atoms with van der Waals surface area (Å²) in [7, 11) is 3.64. The fraction of sp³-hybridized carbons (Fsp3) is 0.222. The number of carbonyl (C=O) groups excluding carboxylic acids is 2. The van der Waals surface area contributed by atoms with Gasteiger partial charge in [0, 0.05) is 28.7 Å². The highest BCUT2D eigenvalue weighted by atomic mass is 32.1. The van der Waals surface area contributed by atoms with Crippen molar-refractivity contribution in [1.82, 2.24) is 9.47 Å². The molecule has 2 amide bonds. The summed E-state index contributed by atoms with van der Waals surface area (Å²) < 4.78 is 4.78. The molecule has 1 aliphatic heterocycles. The molecule has 4 aromatic heterocycles. The van der Waals surface area contributed by atoms with E-state index in [9.17, 15) is 9.59 Å². The SMILES string of the molecule is Cc1cc2c(s1)c1sc(-c3sc(C)c4c3C(=O)N(C)C4=O)cc1n2C. The zero-order chi connectivity index (χ0) is 17.6. The second-order valence-electron chi connectivity index (χ2n) is 6.36. The molecule has 4 nitrogen and oxygen atoms in total. The number of fused-ring (bicyclic) bond motifs is 4. The molecule has 0 saturated heterocycles. The van der Waals surface area contributed by atoms with Crippen LogP contribution in [0.1, 0.15) is 30.5 Å². The molecule has 0 N–H and O–H groups in total. The molecule has 0 radical (unpaired) electrons. The molecule has 5 rings (SSSR count). The summed E-state index contributed by atoms with van der Waals surface area (Å²) in [6.07, 6.45) is 0. The molecular formula is C18H14N2O2S3. The van der Waals surface area contributed by atoms with Crippen LogP contribution >= 0.6 is 34.0 Å². The fourth-order valence-electron chi connectivity index (χ4n) is 3.55. The van der Waals surface area contributed by atoms with Crippen molar-refractivity contribution in [3.8, 4) is 9.75 Å². The predicted octanol–water partition coefficient (Wildman–Crippen LogP) is 5.03. The van der Waals surface area contributed by atoms with Crippen molar-refractivity contribution in [1.29, 1.82) is 0 Å². The van der Waals surface area contributed by atoms with Gasteiger partial charge in [0.05, 0.1) is 36.4 Å². The van der Waals surface area contributed by atoms with Gasteiger partial charge >= 0.3 is 0 Å². The Morgan fingerprint density at radius 2 is 1.48 bits per heavy atom. The highest BCUT2D eigenvalue weighted by Crippen LogP contribution is 2.47. The maximum Gasteiger partial charge on any atom is 0.262 e. The number of carbonyl (C=O) groups is 2. The number of hydrogen-bond acceptors (Lipinski definition) is 5. The average molecular weight is 387 g/mol. The van der Waals surface area contributed by atoms with Crippen molar-refractivity contribution in [2.45, 2.75) is 13.8 Å². The van der Waals surface area contributed by atoms with E-state index in [1.807, 2.05) is 6.92 Å². The van der Waals surface area contributed by atoms with Crippen LogP contribution in [-0.4, -0.2) is 28.3 Å². The van der Waals surface area contributed by atoms with Crippen LogP contribution in [0, 0.1) is 13.8 Å². The topological polar surface area (TPSA) is 42.3 Å². The first kappa shape index (κ1) is 15.3. The average Bonchev–Trinajstić information content (AvgIpc) is 3.31. The standard InChI is InChI=1S/C18H14N2O2S3/c1-7-5-9-14(23-7)15-10(19(9)3)6-11(25-15)16-13-12(8(2)24-16)17(21)20(4)18(13)22/h5-6H,1-4H3. The highest BCUT2D eigenvalue weighted by Gasteiger charge is 2.39. The summed E-state index contributed by atoms with van der Waals surface area (Å²) in [6.45, 7) is 4.05. The Morgan fingerprint density at radius 3 is 2.24 bits per heavy atom. The van der Waals surface area contributed by atoms with Crippen molar-refractivity contribution in [2.24, 2.45) is 7.05 Å². The number of aromatic nitrogens is 1. The normalized spacial score (nSPS) is 14.5. The Hall–Kier alpha value is -1.96. The number of amides is 2. The van der Waals surface area contributed by atoms with Crippen LogP contribution < -0.4 is 0 Å². The lowest BCUT2D eigenvalue weighted by Gasteiger charge is -2.05. The lowest BCUT2D eigenvalue weighted by molar-refractivity contribution is 0.0693. The third-order valence-electron chi connectivity index (χ3n) is 4.82. The van der Waals surface area contributed by atoms with E-state index < -0.39 is 0 Å². The van der Waals surface area contributed by atoms with E-state index in [-0.39, 0.29) is 11.8 Å². The van der Waals surface area contributed by atoms with Crippen molar-refractivity contribution >= 4 is 66.3 Å². The Balaban J connectivity index is 1.80. The van der Waals surface area contributed by atoms with Gasteiger partial charge in [0.15, 0.2) is 0 Å². The molecule has 0 saturated carbocycles. The number of imide groups is 1. The van der Waals surface area contributed by atoms with E-state index in [4.69, 9.17) is 0 Å². The van der Waals surface area contributed by atoms with Gasteiger partial charge in [0.2, 0.25) is 0 Å².